The fourth-order valence-corrected chi connectivity index (χ4v) is 2.22. The molecule has 94 valence electrons. The van der Waals surface area contributed by atoms with Crippen molar-refractivity contribution in [2.24, 2.45) is 0 Å². The number of hydrogen-bond acceptors (Lipinski definition) is 3. The van der Waals surface area contributed by atoms with Crippen molar-refractivity contribution in [2.75, 3.05) is 0 Å². The summed E-state index contributed by atoms with van der Waals surface area (Å²) >= 11 is 0. The van der Waals surface area contributed by atoms with Gasteiger partial charge in [-0.1, -0.05) is 6.07 Å². The molecule has 0 atom stereocenters. The van der Waals surface area contributed by atoms with Crippen LogP contribution in [-0.2, 0) is 12.8 Å². The molecule has 0 unspecified atom stereocenters. The van der Waals surface area contributed by atoms with Gasteiger partial charge in [0.2, 0.25) is 0 Å². The van der Waals surface area contributed by atoms with Gasteiger partial charge in [-0.05, 0) is 36.6 Å². The predicted octanol–water partition coefficient (Wildman–Crippen LogP) is 2.33. The van der Waals surface area contributed by atoms with E-state index in [0.717, 1.165) is 36.0 Å². The van der Waals surface area contributed by atoms with E-state index in [9.17, 15) is 4.79 Å². The molecule has 19 heavy (non-hydrogen) atoms. The molecule has 0 aliphatic rings. The molecule has 0 saturated heterocycles. The zero-order valence-electron chi connectivity index (χ0n) is 10.4. The normalized spacial score (nSPS) is 10.7. The number of imidazole rings is 1. The lowest BCUT2D eigenvalue weighted by Gasteiger charge is -2.05. The number of fused-ring (bicyclic) bond motifs is 1. The first-order chi connectivity index (χ1) is 9.38. The van der Waals surface area contributed by atoms with E-state index < -0.39 is 0 Å². The first kappa shape index (κ1) is 11.6. The summed E-state index contributed by atoms with van der Waals surface area (Å²) in [6.07, 6.45) is 9.83. The van der Waals surface area contributed by atoms with Crippen LogP contribution in [0.25, 0.3) is 5.65 Å². The summed E-state index contributed by atoms with van der Waals surface area (Å²) in [5.41, 5.74) is 3.63. The standard InChI is InChI=1S/C15H13N3O/c19-11-13-3-1-7-16-14(13)6-5-12-4-2-9-18-10-8-17-15(12)18/h1-4,7-11H,5-6H2. The predicted molar refractivity (Wildman–Crippen MR) is 72.2 cm³/mol. The number of carbonyl (C=O) groups excluding carboxylic acids is 1. The summed E-state index contributed by atoms with van der Waals surface area (Å²) in [5, 5.41) is 0. The van der Waals surface area contributed by atoms with Crippen molar-refractivity contribution in [1.29, 1.82) is 0 Å². The van der Waals surface area contributed by atoms with Crippen molar-refractivity contribution in [1.82, 2.24) is 14.4 Å². The van der Waals surface area contributed by atoms with Crippen molar-refractivity contribution in [3.8, 4) is 0 Å². The largest absolute Gasteiger partial charge is 0.307 e. The van der Waals surface area contributed by atoms with E-state index in [2.05, 4.69) is 16.0 Å². The highest BCUT2D eigenvalue weighted by Crippen LogP contribution is 2.13. The minimum Gasteiger partial charge on any atom is -0.307 e. The van der Waals surface area contributed by atoms with Gasteiger partial charge in [0.1, 0.15) is 5.65 Å². The number of hydrogen-bond donors (Lipinski definition) is 0. The van der Waals surface area contributed by atoms with Gasteiger partial charge in [0.15, 0.2) is 6.29 Å². The highest BCUT2D eigenvalue weighted by Gasteiger charge is 2.06. The first-order valence-electron chi connectivity index (χ1n) is 6.18. The third-order valence-electron chi connectivity index (χ3n) is 3.18. The van der Waals surface area contributed by atoms with E-state index in [1.165, 1.54) is 0 Å². The zero-order valence-corrected chi connectivity index (χ0v) is 10.4. The molecule has 0 aromatic carbocycles. The van der Waals surface area contributed by atoms with Crippen molar-refractivity contribution >= 4 is 11.9 Å². The SMILES string of the molecule is O=Cc1cccnc1CCc1cccn2ccnc12. The van der Waals surface area contributed by atoms with Gasteiger partial charge in [-0.15, -0.1) is 0 Å². The van der Waals surface area contributed by atoms with Crippen molar-refractivity contribution in [3.05, 3.63) is 65.9 Å². The summed E-state index contributed by atoms with van der Waals surface area (Å²) in [7, 11) is 0. The Morgan fingerprint density at radius 2 is 2.00 bits per heavy atom. The van der Waals surface area contributed by atoms with Gasteiger partial charge in [0, 0.05) is 30.4 Å². The fourth-order valence-electron chi connectivity index (χ4n) is 2.22. The van der Waals surface area contributed by atoms with Crippen LogP contribution in [0, 0.1) is 0 Å². The Morgan fingerprint density at radius 1 is 1.05 bits per heavy atom. The van der Waals surface area contributed by atoms with Crippen molar-refractivity contribution in [3.63, 3.8) is 0 Å². The van der Waals surface area contributed by atoms with Crippen LogP contribution in [0.4, 0.5) is 0 Å². The number of aryl methyl sites for hydroxylation is 2. The minimum atomic E-state index is 0.665. The Bertz CT molecular complexity index is 718. The van der Waals surface area contributed by atoms with E-state index in [0.29, 0.717) is 5.56 Å². The highest BCUT2D eigenvalue weighted by molar-refractivity contribution is 5.76. The number of aromatic nitrogens is 3. The summed E-state index contributed by atoms with van der Waals surface area (Å²) in [5.74, 6) is 0. The van der Waals surface area contributed by atoms with Crippen LogP contribution in [0.3, 0.4) is 0 Å². The summed E-state index contributed by atoms with van der Waals surface area (Å²) in [6, 6.07) is 7.64. The Balaban J connectivity index is 1.86. The van der Waals surface area contributed by atoms with Gasteiger partial charge < -0.3 is 4.40 Å². The molecule has 0 spiro atoms. The third-order valence-corrected chi connectivity index (χ3v) is 3.18. The molecule has 0 aliphatic heterocycles. The molecule has 3 aromatic heterocycles. The minimum absolute atomic E-state index is 0.665. The molecule has 0 radical (unpaired) electrons. The maximum atomic E-state index is 11.0. The lowest BCUT2D eigenvalue weighted by molar-refractivity contribution is 0.112. The highest BCUT2D eigenvalue weighted by atomic mass is 16.1. The van der Waals surface area contributed by atoms with Crippen LogP contribution in [0.1, 0.15) is 21.6 Å². The van der Waals surface area contributed by atoms with Gasteiger partial charge in [-0.25, -0.2) is 4.98 Å². The second kappa shape index (κ2) is 5.02. The van der Waals surface area contributed by atoms with Crippen molar-refractivity contribution in [2.45, 2.75) is 12.8 Å². The smallest absolute Gasteiger partial charge is 0.151 e. The van der Waals surface area contributed by atoms with Crippen LogP contribution < -0.4 is 0 Å². The topological polar surface area (TPSA) is 47.3 Å². The fraction of sp³-hybridized carbons (Fsp3) is 0.133. The lowest BCUT2D eigenvalue weighted by atomic mass is 10.1. The van der Waals surface area contributed by atoms with Crippen LogP contribution >= 0.6 is 0 Å². The maximum Gasteiger partial charge on any atom is 0.151 e. The maximum absolute atomic E-state index is 11.0. The third kappa shape index (κ3) is 2.25. The second-order valence-electron chi connectivity index (χ2n) is 4.35. The van der Waals surface area contributed by atoms with Crippen LogP contribution in [0.15, 0.2) is 49.1 Å². The van der Waals surface area contributed by atoms with E-state index in [-0.39, 0.29) is 0 Å². The van der Waals surface area contributed by atoms with E-state index in [4.69, 9.17) is 0 Å². The van der Waals surface area contributed by atoms with Gasteiger partial charge in [0.25, 0.3) is 0 Å². The number of nitrogens with zero attached hydrogens (tertiary/aromatic N) is 3. The van der Waals surface area contributed by atoms with E-state index in [1.807, 2.05) is 22.9 Å². The molecule has 4 nitrogen and oxygen atoms in total. The van der Waals surface area contributed by atoms with Gasteiger partial charge in [0.05, 0.1) is 5.69 Å². The second-order valence-corrected chi connectivity index (χ2v) is 4.35. The molecule has 4 heteroatoms. The molecule has 3 rings (SSSR count). The molecule has 0 fully saturated rings. The van der Waals surface area contributed by atoms with Gasteiger partial charge in [-0.3, -0.25) is 9.78 Å². The Morgan fingerprint density at radius 3 is 2.89 bits per heavy atom. The quantitative estimate of drug-likeness (QED) is 0.668. The average molecular weight is 251 g/mol. The molecule has 3 heterocycles. The molecule has 3 aromatic rings. The van der Waals surface area contributed by atoms with E-state index in [1.54, 1.807) is 24.5 Å². The Kier molecular flexibility index (Phi) is 3.06. The van der Waals surface area contributed by atoms with Crippen LogP contribution in [0.5, 0.6) is 0 Å². The molecular weight excluding hydrogens is 238 g/mol. The van der Waals surface area contributed by atoms with Gasteiger partial charge in [-0.2, -0.15) is 0 Å². The molecular formula is C15H13N3O. The van der Waals surface area contributed by atoms with Crippen LogP contribution in [-0.4, -0.2) is 20.7 Å². The number of rotatable bonds is 4. The first-order valence-corrected chi connectivity index (χ1v) is 6.18. The monoisotopic (exact) mass is 251 g/mol. The molecule has 0 aliphatic carbocycles. The number of carbonyl (C=O) groups is 1. The Hall–Kier alpha value is -2.49. The molecule has 0 bridgehead atoms. The summed E-state index contributed by atoms with van der Waals surface area (Å²) in [6.45, 7) is 0. The molecule has 0 amide bonds. The zero-order chi connectivity index (χ0) is 13.1. The van der Waals surface area contributed by atoms with Crippen LogP contribution in [0.2, 0.25) is 0 Å². The summed E-state index contributed by atoms with van der Waals surface area (Å²) < 4.78 is 1.99. The molecule has 0 N–H and O–H groups in total. The number of pyridine rings is 2. The molecule has 0 saturated carbocycles. The number of aldehydes is 1. The van der Waals surface area contributed by atoms with Crippen molar-refractivity contribution < 1.29 is 4.79 Å². The lowest BCUT2D eigenvalue weighted by Crippen LogP contribution is -2.00. The Labute approximate surface area is 110 Å². The summed E-state index contributed by atoms with van der Waals surface area (Å²) in [4.78, 5) is 19.6. The average Bonchev–Trinajstić information content (AvgIpc) is 2.94. The van der Waals surface area contributed by atoms with E-state index >= 15 is 0 Å². The van der Waals surface area contributed by atoms with Gasteiger partial charge >= 0.3 is 0 Å².